The topological polar surface area (TPSA) is 114 Å². The third kappa shape index (κ3) is 4.76. The van der Waals surface area contributed by atoms with Gasteiger partial charge in [-0.2, -0.15) is 0 Å². The minimum atomic E-state index is -0.671. The first kappa shape index (κ1) is 24.1. The smallest absolute Gasteiger partial charge is 0.246 e. The first-order chi connectivity index (χ1) is 16.3. The van der Waals surface area contributed by atoms with Crippen molar-refractivity contribution in [2.45, 2.75) is 58.7 Å². The summed E-state index contributed by atoms with van der Waals surface area (Å²) in [4.78, 5) is 32.5. The minimum absolute atomic E-state index is 0.0589. The number of aromatic nitrogens is 2. The van der Waals surface area contributed by atoms with Crippen molar-refractivity contribution in [2.75, 3.05) is 6.54 Å². The van der Waals surface area contributed by atoms with Gasteiger partial charge in [-0.3, -0.25) is 9.59 Å². The molecule has 3 heterocycles. The Hall–Kier alpha value is -3.04. The number of carbonyl (C=O) groups is 2. The summed E-state index contributed by atoms with van der Waals surface area (Å²) < 4.78 is 5.51. The maximum Gasteiger partial charge on any atom is 0.246 e. The van der Waals surface area contributed by atoms with Crippen LogP contribution in [0, 0.1) is 12.8 Å². The number of nitrogens with one attached hydrogen (secondary N) is 1. The molecule has 3 atom stereocenters. The standard InChI is InChI=1S/C25H31N5O3S/c1-14(2)21(28-23(31)15(3)26)25(32)30-12-8-11-19(30)24-27-18(13-34-24)20-16(4)33-29-22(20)17-9-6-5-7-10-17/h5-7,9-10,13-15,19,21H,8,11-12,26H2,1-4H3,(H,28,31)/t15-,19-,21-/m0/s1. The molecule has 1 aliphatic heterocycles. The Balaban J connectivity index is 1.60. The number of rotatable bonds is 7. The highest BCUT2D eigenvalue weighted by molar-refractivity contribution is 7.10. The maximum atomic E-state index is 13.5. The molecule has 0 radical (unpaired) electrons. The molecule has 3 aromatic rings. The van der Waals surface area contributed by atoms with E-state index in [1.54, 1.807) is 6.92 Å². The summed E-state index contributed by atoms with van der Waals surface area (Å²) in [6.45, 7) is 7.99. The van der Waals surface area contributed by atoms with Crippen LogP contribution in [0.4, 0.5) is 0 Å². The van der Waals surface area contributed by atoms with Crippen LogP contribution >= 0.6 is 11.3 Å². The molecule has 0 bridgehead atoms. The highest BCUT2D eigenvalue weighted by Crippen LogP contribution is 2.39. The predicted molar refractivity (Wildman–Crippen MR) is 132 cm³/mol. The van der Waals surface area contributed by atoms with Crippen LogP contribution in [0.25, 0.3) is 22.5 Å². The Morgan fingerprint density at radius 1 is 1.24 bits per heavy atom. The van der Waals surface area contributed by atoms with Crippen molar-refractivity contribution >= 4 is 23.2 Å². The number of aryl methyl sites for hydroxylation is 1. The third-order valence-corrected chi connectivity index (χ3v) is 7.10. The van der Waals surface area contributed by atoms with Gasteiger partial charge in [0.25, 0.3) is 0 Å². The molecule has 0 spiro atoms. The number of likely N-dealkylation sites (tertiary alicyclic amines) is 1. The van der Waals surface area contributed by atoms with Gasteiger partial charge in [0.15, 0.2) is 0 Å². The van der Waals surface area contributed by atoms with E-state index in [-0.39, 0.29) is 23.8 Å². The second-order valence-corrected chi connectivity index (χ2v) is 10.00. The normalized spacial score (nSPS) is 17.7. The van der Waals surface area contributed by atoms with E-state index in [0.717, 1.165) is 40.4 Å². The summed E-state index contributed by atoms with van der Waals surface area (Å²) in [5, 5.41) is 9.98. The Morgan fingerprint density at radius 2 is 1.97 bits per heavy atom. The fourth-order valence-electron chi connectivity index (χ4n) is 4.29. The van der Waals surface area contributed by atoms with Crippen molar-refractivity contribution < 1.29 is 14.1 Å². The molecule has 2 aromatic heterocycles. The highest BCUT2D eigenvalue weighted by Gasteiger charge is 2.37. The highest BCUT2D eigenvalue weighted by atomic mass is 32.1. The average molecular weight is 482 g/mol. The summed E-state index contributed by atoms with van der Waals surface area (Å²) in [6, 6.07) is 8.46. The molecule has 2 amide bonds. The van der Waals surface area contributed by atoms with Crippen molar-refractivity contribution in [3.05, 3.63) is 46.5 Å². The second-order valence-electron chi connectivity index (χ2n) is 9.11. The van der Waals surface area contributed by atoms with Gasteiger partial charge in [0.05, 0.1) is 23.3 Å². The third-order valence-electron chi connectivity index (χ3n) is 6.15. The summed E-state index contributed by atoms with van der Waals surface area (Å²) in [5.41, 5.74) is 9.10. The second kappa shape index (κ2) is 10.1. The number of nitrogens with two attached hydrogens (primary N) is 1. The van der Waals surface area contributed by atoms with Crippen LogP contribution in [0.1, 0.15) is 50.4 Å². The summed E-state index contributed by atoms with van der Waals surface area (Å²) in [5.74, 6) is 0.232. The van der Waals surface area contributed by atoms with E-state index in [2.05, 4.69) is 10.5 Å². The summed E-state index contributed by atoms with van der Waals surface area (Å²) in [7, 11) is 0. The number of hydrogen-bond acceptors (Lipinski definition) is 7. The van der Waals surface area contributed by atoms with Gasteiger partial charge in [-0.15, -0.1) is 11.3 Å². The predicted octanol–water partition coefficient (Wildman–Crippen LogP) is 3.93. The van der Waals surface area contributed by atoms with E-state index in [4.69, 9.17) is 15.2 Å². The van der Waals surface area contributed by atoms with Gasteiger partial charge < -0.3 is 20.5 Å². The van der Waals surface area contributed by atoms with E-state index in [1.165, 1.54) is 11.3 Å². The Kier molecular flexibility index (Phi) is 7.13. The van der Waals surface area contributed by atoms with Gasteiger partial charge >= 0.3 is 0 Å². The zero-order chi connectivity index (χ0) is 24.4. The molecule has 34 heavy (non-hydrogen) atoms. The number of benzene rings is 1. The van der Waals surface area contributed by atoms with Crippen LogP contribution in [-0.4, -0.2) is 45.5 Å². The van der Waals surface area contributed by atoms with Crippen LogP contribution in [0.3, 0.4) is 0 Å². The molecular formula is C25H31N5O3S. The summed E-state index contributed by atoms with van der Waals surface area (Å²) in [6.07, 6.45) is 1.72. The van der Waals surface area contributed by atoms with E-state index in [0.29, 0.717) is 12.3 Å². The first-order valence-corrected chi connectivity index (χ1v) is 12.5. The maximum absolute atomic E-state index is 13.5. The molecule has 8 nitrogen and oxygen atoms in total. The largest absolute Gasteiger partial charge is 0.360 e. The monoisotopic (exact) mass is 481 g/mol. The number of thiazole rings is 1. The molecule has 1 aromatic carbocycles. The van der Waals surface area contributed by atoms with Crippen LogP contribution in [-0.2, 0) is 9.59 Å². The quantitative estimate of drug-likeness (QED) is 0.529. The van der Waals surface area contributed by atoms with E-state index in [9.17, 15) is 9.59 Å². The molecule has 3 N–H and O–H groups in total. The summed E-state index contributed by atoms with van der Waals surface area (Å²) >= 11 is 1.54. The first-order valence-electron chi connectivity index (χ1n) is 11.6. The van der Waals surface area contributed by atoms with E-state index in [1.807, 2.05) is 61.4 Å². The Labute approximate surface area is 203 Å². The van der Waals surface area contributed by atoms with Crippen molar-refractivity contribution in [1.82, 2.24) is 20.4 Å². The minimum Gasteiger partial charge on any atom is -0.360 e. The molecule has 0 unspecified atom stereocenters. The van der Waals surface area contributed by atoms with Gasteiger partial charge in [-0.05, 0) is 32.6 Å². The number of amides is 2. The van der Waals surface area contributed by atoms with Gasteiger partial charge in [-0.1, -0.05) is 49.3 Å². The van der Waals surface area contributed by atoms with Crippen LogP contribution in [0.2, 0.25) is 0 Å². The molecule has 0 saturated carbocycles. The van der Waals surface area contributed by atoms with Gasteiger partial charge in [-0.25, -0.2) is 4.98 Å². The number of hydrogen-bond donors (Lipinski definition) is 2. The van der Waals surface area contributed by atoms with Crippen LogP contribution in [0.5, 0.6) is 0 Å². The van der Waals surface area contributed by atoms with Gasteiger partial charge in [0.1, 0.15) is 22.5 Å². The average Bonchev–Trinajstić information content (AvgIpc) is 3.56. The van der Waals surface area contributed by atoms with Crippen molar-refractivity contribution in [3.63, 3.8) is 0 Å². The molecule has 1 saturated heterocycles. The van der Waals surface area contributed by atoms with E-state index >= 15 is 0 Å². The van der Waals surface area contributed by atoms with Crippen molar-refractivity contribution in [2.24, 2.45) is 11.7 Å². The van der Waals surface area contributed by atoms with Crippen LogP contribution in [0.15, 0.2) is 40.2 Å². The van der Waals surface area contributed by atoms with Crippen molar-refractivity contribution in [3.8, 4) is 22.5 Å². The van der Waals surface area contributed by atoms with Crippen LogP contribution < -0.4 is 11.1 Å². The number of carbonyl (C=O) groups excluding carboxylic acids is 2. The lowest BCUT2D eigenvalue weighted by Crippen LogP contribution is -2.54. The van der Waals surface area contributed by atoms with E-state index < -0.39 is 12.1 Å². The lowest BCUT2D eigenvalue weighted by Gasteiger charge is -2.30. The lowest BCUT2D eigenvalue weighted by atomic mass is 10.0. The molecule has 9 heteroatoms. The number of nitrogens with zero attached hydrogens (tertiary/aromatic N) is 3. The Morgan fingerprint density at radius 3 is 2.65 bits per heavy atom. The molecule has 0 aliphatic carbocycles. The SMILES string of the molecule is Cc1onc(-c2ccccc2)c1-c1csc([C@@H]2CCCN2C(=O)[C@@H](NC(=O)[C@H](C)N)C(C)C)n1. The molecule has 1 fully saturated rings. The zero-order valence-corrected chi connectivity index (χ0v) is 20.8. The van der Waals surface area contributed by atoms with Gasteiger partial charge in [0.2, 0.25) is 11.8 Å². The van der Waals surface area contributed by atoms with Gasteiger partial charge in [0, 0.05) is 17.5 Å². The molecule has 180 valence electrons. The molecule has 4 rings (SSSR count). The fraction of sp³-hybridized carbons (Fsp3) is 0.440. The Bertz CT molecular complexity index is 1150. The molecule has 1 aliphatic rings. The molecular weight excluding hydrogens is 450 g/mol. The zero-order valence-electron chi connectivity index (χ0n) is 19.9. The lowest BCUT2D eigenvalue weighted by molar-refractivity contribution is -0.138. The van der Waals surface area contributed by atoms with Crippen molar-refractivity contribution in [1.29, 1.82) is 0 Å². The fourth-order valence-corrected chi connectivity index (χ4v) is 5.24.